The molecule has 3 nitrogen and oxygen atoms in total. The summed E-state index contributed by atoms with van der Waals surface area (Å²) >= 11 is 13.2. The van der Waals surface area contributed by atoms with E-state index < -0.39 is 0 Å². The summed E-state index contributed by atoms with van der Waals surface area (Å²) < 4.78 is 1.38. The Morgan fingerprint density at radius 3 is 2.84 bits per heavy atom. The van der Waals surface area contributed by atoms with Gasteiger partial charge in [-0.3, -0.25) is 4.79 Å². The van der Waals surface area contributed by atoms with E-state index in [1.54, 1.807) is 0 Å². The average molecular weight is 324 g/mol. The zero-order chi connectivity index (χ0) is 14.3. The lowest BCUT2D eigenvalue weighted by Crippen LogP contribution is -2.26. The van der Waals surface area contributed by atoms with Crippen LogP contribution in [0.4, 0.5) is 0 Å². The molecule has 0 saturated heterocycles. The number of hydrogen-bond acceptors (Lipinski definition) is 3. The van der Waals surface area contributed by atoms with Gasteiger partial charge in [-0.1, -0.05) is 30.1 Å². The summed E-state index contributed by atoms with van der Waals surface area (Å²) in [6, 6.07) is 1.85. The second kappa shape index (κ2) is 8.80. The van der Waals surface area contributed by atoms with Gasteiger partial charge in [0.25, 0.3) is 0 Å². The fraction of sp³-hybridized carbons (Fsp3) is 0.615. The molecule has 2 N–H and O–H groups in total. The SMILES string of the molecule is CCC(O)CCNC(=O)CCCc1cc(Cl)sc1Cl. The normalized spacial score (nSPS) is 12.4. The van der Waals surface area contributed by atoms with Crippen molar-refractivity contribution < 1.29 is 9.90 Å². The summed E-state index contributed by atoms with van der Waals surface area (Å²) in [6.45, 7) is 2.45. The monoisotopic (exact) mass is 323 g/mol. The van der Waals surface area contributed by atoms with E-state index in [9.17, 15) is 9.90 Å². The van der Waals surface area contributed by atoms with E-state index in [0.29, 0.717) is 34.5 Å². The van der Waals surface area contributed by atoms with Crippen LogP contribution in [-0.2, 0) is 11.2 Å². The van der Waals surface area contributed by atoms with E-state index in [1.165, 1.54) is 11.3 Å². The summed E-state index contributed by atoms with van der Waals surface area (Å²) in [6.07, 6.45) is 2.96. The number of nitrogens with one attached hydrogen (secondary N) is 1. The van der Waals surface area contributed by atoms with Crippen molar-refractivity contribution in [1.29, 1.82) is 0 Å². The van der Waals surface area contributed by atoms with Crippen molar-refractivity contribution in [2.24, 2.45) is 0 Å². The van der Waals surface area contributed by atoms with Crippen LogP contribution in [0.2, 0.25) is 8.67 Å². The molecule has 6 heteroatoms. The Kier molecular flexibility index (Phi) is 7.76. The van der Waals surface area contributed by atoms with Crippen molar-refractivity contribution in [3.63, 3.8) is 0 Å². The first-order valence-corrected chi connectivity index (χ1v) is 7.98. The molecule has 0 aliphatic carbocycles. The highest BCUT2D eigenvalue weighted by Crippen LogP contribution is 2.31. The molecule has 0 aliphatic heterocycles. The van der Waals surface area contributed by atoms with Gasteiger partial charge in [0.1, 0.15) is 0 Å². The van der Waals surface area contributed by atoms with Crippen LogP contribution in [-0.4, -0.2) is 23.7 Å². The topological polar surface area (TPSA) is 49.3 Å². The number of thiophene rings is 1. The van der Waals surface area contributed by atoms with Crippen LogP contribution in [0.1, 0.15) is 38.2 Å². The number of aliphatic hydroxyl groups excluding tert-OH is 1. The molecule has 0 saturated carbocycles. The Hall–Kier alpha value is -0.290. The Morgan fingerprint density at radius 1 is 1.53 bits per heavy atom. The highest BCUT2D eigenvalue weighted by atomic mass is 35.5. The molecule has 0 radical (unpaired) electrons. The number of aryl methyl sites for hydroxylation is 1. The van der Waals surface area contributed by atoms with Crippen LogP contribution in [0.15, 0.2) is 6.07 Å². The number of rotatable bonds is 8. The largest absolute Gasteiger partial charge is 0.393 e. The lowest BCUT2D eigenvalue weighted by atomic mass is 10.1. The molecule has 108 valence electrons. The Labute approximate surface area is 127 Å². The van der Waals surface area contributed by atoms with Crippen molar-refractivity contribution in [2.45, 2.75) is 45.1 Å². The van der Waals surface area contributed by atoms with Gasteiger partial charge in [0.15, 0.2) is 0 Å². The highest BCUT2D eigenvalue weighted by Gasteiger charge is 2.08. The van der Waals surface area contributed by atoms with Crippen molar-refractivity contribution in [3.05, 3.63) is 20.3 Å². The fourth-order valence-electron chi connectivity index (χ4n) is 1.65. The lowest BCUT2D eigenvalue weighted by molar-refractivity contribution is -0.121. The van der Waals surface area contributed by atoms with Crippen LogP contribution in [0.25, 0.3) is 0 Å². The van der Waals surface area contributed by atoms with Gasteiger partial charge >= 0.3 is 0 Å². The van der Waals surface area contributed by atoms with Gasteiger partial charge in [0.05, 0.1) is 14.8 Å². The summed E-state index contributed by atoms with van der Waals surface area (Å²) in [5.74, 6) is 0.0146. The maximum Gasteiger partial charge on any atom is 0.220 e. The number of amides is 1. The van der Waals surface area contributed by atoms with Crippen LogP contribution in [0.5, 0.6) is 0 Å². The predicted octanol–water partition coefficient (Wildman–Crippen LogP) is 3.65. The number of hydrogen-bond donors (Lipinski definition) is 2. The molecule has 0 aliphatic rings. The third kappa shape index (κ3) is 6.61. The molecule has 1 aromatic heterocycles. The molecule has 1 rings (SSSR count). The first-order valence-electron chi connectivity index (χ1n) is 6.41. The highest BCUT2D eigenvalue weighted by molar-refractivity contribution is 7.20. The Bertz CT molecular complexity index is 409. The van der Waals surface area contributed by atoms with Crippen molar-refractivity contribution >= 4 is 40.4 Å². The summed E-state index contributed by atoms with van der Waals surface area (Å²) in [4.78, 5) is 11.5. The molecule has 1 aromatic rings. The third-order valence-electron chi connectivity index (χ3n) is 2.85. The van der Waals surface area contributed by atoms with Gasteiger partial charge in [0.2, 0.25) is 5.91 Å². The van der Waals surface area contributed by atoms with Gasteiger partial charge in [-0.05, 0) is 37.3 Å². The van der Waals surface area contributed by atoms with Gasteiger partial charge in [0, 0.05) is 13.0 Å². The van der Waals surface area contributed by atoms with Gasteiger partial charge in [-0.15, -0.1) is 11.3 Å². The van der Waals surface area contributed by atoms with E-state index in [4.69, 9.17) is 23.2 Å². The number of carbonyl (C=O) groups is 1. The van der Waals surface area contributed by atoms with Crippen molar-refractivity contribution in [1.82, 2.24) is 5.32 Å². The summed E-state index contributed by atoms with van der Waals surface area (Å²) in [5.41, 5.74) is 1.01. The van der Waals surface area contributed by atoms with Crippen molar-refractivity contribution in [3.8, 4) is 0 Å². The first kappa shape index (κ1) is 16.8. The number of aliphatic hydroxyl groups is 1. The maximum atomic E-state index is 11.5. The number of carbonyl (C=O) groups excluding carboxylic acids is 1. The van der Waals surface area contributed by atoms with E-state index in [2.05, 4.69) is 5.32 Å². The molecule has 0 aromatic carbocycles. The van der Waals surface area contributed by atoms with E-state index in [1.807, 2.05) is 13.0 Å². The fourth-order valence-corrected chi connectivity index (χ4v) is 3.20. The van der Waals surface area contributed by atoms with E-state index in [0.717, 1.165) is 18.4 Å². The molecule has 0 spiro atoms. The standard InChI is InChI=1S/C13H19Cl2NO2S/c1-2-10(17)6-7-16-12(18)5-3-4-9-8-11(14)19-13(9)15/h8,10,17H,2-7H2,1H3,(H,16,18). The molecular weight excluding hydrogens is 305 g/mol. The average Bonchev–Trinajstić information content (AvgIpc) is 2.67. The third-order valence-corrected chi connectivity index (χ3v) is 4.42. The maximum absolute atomic E-state index is 11.5. The zero-order valence-corrected chi connectivity index (χ0v) is 13.2. The van der Waals surface area contributed by atoms with E-state index >= 15 is 0 Å². The lowest BCUT2D eigenvalue weighted by Gasteiger charge is -2.08. The summed E-state index contributed by atoms with van der Waals surface area (Å²) in [5, 5.41) is 12.1. The smallest absolute Gasteiger partial charge is 0.220 e. The minimum atomic E-state index is -0.327. The van der Waals surface area contributed by atoms with E-state index in [-0.39, 0.29) is 12.0 Å². The van der Waals surface area contributed by atoms with Gasteiger partial charge in [-0.2, -0.15) is 0 Å². The summed E-state index contributed by atoms with van der Waals surface area (Å²) in [7, 11) is 0. The quantitative estimate of drug-likeness (QED) is 0.767. The molecule has 1 heterocycles. The molecule has 1 atom stereocenters. The Morgan fingerprint density at radius 2 is 2.26 bits per heavy atom. The van der Waals surface area contributed by atoms with Gasteiger partial charge in [-0.25, -0.2) is 0 Å². The first-order chi connectivity index (χ1) is 9.02. The molecule has 1 unspecified atom stereocenters. The molecule has 19 heavy (non-hydrogen) atoms. The molecule has 1 amide bonds. The second-order valence-electron chi connectivity index (χ2n) is 4.40. The minimum absolute atomic E-state index is 0.0146. The van der Waals surface area contributed by atoms with Crippen molar-refractivity contribution in [2.75, 3.05) is 6.54 Å². The van der Waals surface area contributed by atoms with Crippen LogP contribution >= 0.6 is 34.5 Å². The molecule has 0 fully saturated rings. The molecular formula is C13H19Cl2NO2S. The second-order valence-corrected chi connectivity index (χ2v) is 6.69. The van der Waals surface area contributed by atoms with Crippen LogP contribution < -0.4 is 5.32 Å². The molecule has 0 bridgehead atoms. The van der Waals surface area contributed by atoms with Crippen LogP contribution in [0, 0.1) is 0 Å². The predicted molar refractivity (Wildman–Crippen MR) is 81.2 cm³/mol. The van der Waals surface area contributed by atoms with Gasteiger partial charge < -0.3 is 10.4 Å². The Balaban J connectivity index is 2.15. The number of halogens is 2. The van der Waals surface area contributed by atoms with Crippen LogP contribution in [0.3, 0.4) is 0 Å². The zero-order valence-electron chi connectivity index (χ0n) is 10.9. The minimum Gasteiger partial charge on any atom is -0.393 e.